The van der Waals surface area contributed by atoms with Crippen LogP contribution in [0, 0.1) is 0 Å². The molecule has 2 aromatic rings. The van der Waals surface area contributed by atoms with Crippen molar-refractivity contribution in [2.24, 2.45) is 0 Å². The van der Waals surface area contributed by atoms with Gasteiger partial charge in [0.15, 0.2) is 0 Å². The van der Waals surface area contributed by atoms with E-state index in [1.165, 1.54) is 23.1 Å². The van der Waals surface area contributed by atoms with Crippen LogP contribution in [0.2, 0.25) is 5.02 Å². The van der Waals surface area contributed by atoms with E-state index in [1.54, 1.807) is 12.1 Å². The van der Waals surface area contributed by atoms with Gasteiger partial charge in [-0.3, -0.25) is 14.3 Å². The SMILES string of the molecule is O=C(Nc1ccc(Cl)c(C(=O)NC2CC2)c1)c1cnn(CCF)c1. The summed E-state index contributed by atoms with van der Waals surface area (Å²) in [7, 11) is 0. The molecule has 6 nitrogen and oxygen atoms in total. The van der Waals surface area contributed by atoms with Gasteiger partial charge in [0.1, 0.15) is 6.67 Å². The molecule has 8 heteroatoms. The lowest BCUT2D eigenvalue weighted by molar-refractivity contribution is 0.0949. The fourth-order valence-corrected chi connectivity index (χ4v) is 2.36. The van der Waals surface area contributed by atoms with Crippen molar-refractivity contribution >= 4 is 29.1 Å². The summed E-state index contributed by atoms with van der Waals surface area (Å²) in [6.07, 6.45) is 4.78. The van der Waals surface area contributed by atoms with Gasteiger partial charge in [-0.1, -0.05) is 11.6 Å². The van der Waals surface area contributed by atoms with Crippen molar-refractivity contribution in [3.63, 3.8) is 0 Å². The number of rotatable bonds is 6. The summed E-state index contributed by atoms with van der Waals surface area (Å²) in [6.45, 7) is -0.459. The van der Waals surface area contributed by atoms with E-state index in [0.717, 1.165) is 12.8 Å². The molecule has 1 fully saturated rings. The number of benzene rings is 1. The lowest BCUT2D eigenvalue weighted by Gasteiger charge is -2.09. The molecule has 1 aliphatic carbocycles. The Bertz CT molecular complexity index is 773. The molecule has 2 N–H and O–H groups in total. The summed E-state index contributed by atoms with van der Waals surface area (Å²) in [5, 5.41) is 9.76. The van der Waals surface area contributed by atoms with E-state index >= 15 is 0 Å². The van der Waals surface area contributed by atoms with Crippen molar-refractivity contribution in [2.45, 2.75) is 25.4 Å². The van der Waals surface area contributed by atoms with Crippen molar-refractivity contribution < 1.29 is 14.0 Å². The predicted molar refractivity (Wildman–Crippen MR) is 88.1 cm³/mol. The van der Waals surface area contributed by atoms with E-state index in [2.05, 4.69) is 15.7 Å². The van der Waals surface area contributed by atoms with Crippen molar-refractivity contribution in [1.82, 2.24) is 15.1 Å². The quantitative estimate of drug-likeness (QED) is 0.841. The van der Waals surface area contributed by atoms with E-state index in [1.807, 2.05) is 0 Å². The first kappa shape index (κ1) is 16.4. The molecule has 1 heterocycles. The molecule has 2 amide bonds. The van der Waals surface area contributed by atoms with E-state index in [9.17, 15) is 14.0 Å². The van der Waals surface area contributed by atoms with Gasteiger partial charge >= 0.3 is 0 Å². The first-order valence-corrected chi connectivity index (χ1v) is 7.95. The van der Waals surface area contributed by atoms with Gasteiger partial charge in [0, 0.05) is 17.9 Å². The Morgan fingerprint density at radius 3 is 2.83 bits per heavy atom. The van der Waals surface area contributed by atoms with Gasteiger partial charge < -0.3 is 10.6 Å². The van der Waals surface area contributed by atoms with Gasteiger partial charge in [-0.15, -0.1) is 0 Å². The fraction of sp³-hybridized carbons (Fsp3) is 0.312. The number of carbonyl (C=O) groups excluding carboxylic acids is 2. The second kappa shape index (κ2) is 7.00. The van der Waals surface area contributed by atoms with Crippen LogP contribution in [0.25, 0.3) is 0 Å². The van der Waals surface area contributed by atoms with Crippen LogP contribution < -0.4 is 10.6 Å². The van der Waals surface area contributed by atoms with Crippen LogP contribution >= 0.6 is 11.6 Å². The highest BCUT2D eigenvalue weighted by Crippen LogP contribution is 2.24. The Morgan fingerprint density at radius 1 is 1.33 bits per heavy atom. The van der Waals surface area contributed by atoms with Crippen LogP contribution in [0.5, 0.6) is 0 Å². The number of aryl methyl sites for hydroxylation is 1. The average molecular weight is 351 g/mol. The molecular weight excluding hydrogens is 335 g/mol. The minimum atomic E-state index is -0.556. The van der Waals surface area contributed by atoms with Crippen molar-refractivity contribution in [2.75, 3.05) is 12.0 Å². The first-order chi connectivity index (χ1) is 11.6. The zero-order valence-corrected chi connectivity index (χ0v) is 13.5. The number of nitrogens with one attached hydrogen (secondary N) is 2. The van der Waals surface area contributed by atoms with Crippen LogP contribution in [0.15, 0.2) is 30.6 Å². The molecule has 24 heavy (non-hydrogen) atoms. The molecule has 0 bridgehead atoms. The molecule has 1 aromatic heterocycles. The van der Waals surface area contributed by atoms with Gasteiger partial charge in [0.05, 0.1) is 28.9 Å². The second-order valence-corrected chi connectivity index (χ2v) is 5.98. The van der Waals surface area contributed by atoms with Crippen molar-refractivity contribution in [3.05, 3.63) is 46.7 Å². The molecule has 0 saturated heterocycles. The lowest BCUT2D eigenvalue weighted by atomic mass is 10.1. The number of anilines is 1. The Kier molecular flexibility index (Phi) is 4.80. The molecule has 0 spiro atoms. The Balaban J connectivity index is 1.71. The third-order valence-corrected chi connectivity index (χ3v) is 3.92. The molecule has 1 saturated carbocycles. The van der Waals surface area contributed by atoms with Crippen LogP contribution in [0.4, 0.5) is 10.1 Å². The minimum Gasteiger partial charge on any atom is -0.349 e. The summed E-state index contributed by atoms with van der Waals surface area (Å²) >= 11 is 6.06. The molecule has 126 valence electrons. The van der Waals surface area contributed by atoms with Crippen molar-refractivity contribution in [3.8, 4) is 0 Å². The van der Waals surface area contributed by atoms with E-state index in [0.29, 0.717) is 21.8 Å². The zero-order chi connectivity index (χ0) is 17.1. The standard InChI is InChI=1S/C16H16ClFN4O2/c17-14-4-3-12(7-13(14)16(24)20-11-1-2-11)21-15(23)10-8-19-22(9-10)6-5-18/h3-4,7-9,11H,1-2,5-6H2,(H,20,24)(H,21,23). The van der Waals surface area contributed by atoms with Crippen LogP contribution in [0.1, 0.15) is 33.6 Å². The van der Waals surface area contributed by atoms with E-state index in [-0.39, 0.29) is 18.5 Å². The first-order valence-electron chi connectivity index (χ1n) is 7.57. The van der Waals surface area contributed by atoms with Gasteiger partial charge in [-0.05, 0) is 31.0 Å². The fourth-order valence-electron chi connectivity index (χ4n) is 2.16. The highest BCUT2D eigenvalue weighted by atomic mass is 35.5. The van der Waals surface area contributed by atoms with Gasteiger partial charge in [0.2, 0.25) is 0 Å². The summed E-state index contributed by atoms with van der Waals surface area (Å²) in [5.74, 6) is -0.648. The summed E-state index contributed by atoms with van der Waals surface area (Å²) in [5.41, 5.74) is 1.07. The van der Waals surface area contributed by atoms with Crippen LogP contribution in [0.3, 0.4) is 0 Å². The average Bonchev–Trinajstić information content (AvgIpc) is 3.24. The van der Waals surface area contributed by atoms with Crippen LogP contribution in [-0.2, 0) is 6.54 Å². The third-order valence-electron chi connectivity index (χ3n) is 3.59. The number of aromatic nitrogens is 2. The largest absolute Gasteiger partial charge is 0.349 e. The molecule has 0 aliphatic heterocycles. The Hall–Kier alpha value is -2.41. The Morgan fingerprint density at radius 2 is 2.12 bits per heavy atom. The zero-order valence-electron chi connectivity index (χ0n) is 12.8. The molecular formula is C16H16ClFN4O2. The summed E-state index contributed by atoms with van der Waals surface area (Å²) < 4.78 is 13.6. The maximum atomic E-state index is 12.3. The lowest BCUT2D eigenvalue weighted by Crippen LogP contribution is -2.25. The summed E-state index contributed by atoms with van der Waals surface area (Å²) in [6, 6.07) is 4.92. The van der Waals surface area contributed by atoms with Crippen LogP contribution in [-0.4, -0.2) is 34.3 Å². The maximum Gasteiger partial charge on any atom is 0.258 e. The van der Waals surface area contributed by atoms with Gasteiger partial charge in [-0.25, -0.2) is 4.39 Å². The van der Waals surface area contributed by atoms with Gasteiger partial charge in [-0.2, -0.15) is 5.10 Å². The second-order valence-electron chi connectivity index (χ2n) is 5.58. The number of hydrogen-bond acceptors (Lipinski definition) is 3. The van der Waals surface area contributed by atoms with Crippen molar-refractivity contribution in [1.29, 1.82) is 0 Å². The smallest absolute Gasteiger partial charge is 0.258 e. The number of carbonyl (C=O) groups is 2. The normalized spacial score (nSPS) is 13.6. The molecule has 1 aliphatic rings. The number of halogens is 2. The van der Waals surface area contributed by atoms with E-state index in [4.69, 9.17) is 11.6 Å². The summed E-state index contributed by atoms with van der Waals surface area (Å²) in [4.78, 5) is 24.3. The molecule has 1 aromatic carbocycles. The molecule has 0 radical (unpaired) electrons. The molecule has 0 atom stereocenters. The van der Waals surface area contributed by atoms with E-state index < -0.39 is 12.6 Å². The number of hydrogen-bond donors (Lipinski definition) is 2. The maximum absolute atomic E-state index is 12.3. The molecule has 0 unspecified atom stereocenters. The monoisotopic (exact) mass is 350 g/mol. The van der Waals surface area contributed by atoms with Gasteiger partial charge in [0.25, 0.3) is 11.8 Å². The topological polar surface area (TPSA) is 76.0 Å². The number of alkyl halides is 1. The number of amides is 2. The molecule has 3 rings (SSSR count). The third kappa shape index (κ3) is 3.91. The Labute approximate surface area is 143 Å². The minimum absolute atomic E-state index is 0.0969. The predicted octanol–water partition coefficient (Wildman–Crippen LogP) is 2.65. The highest BCUT2D eigenvalue weighted by molar-refractivity contribution is 6.34. The highest BCUT2D eigenvalue weighted by Gasteiger charge is 2.25. The number of nitrogens with zero attached hydrogens (tertiary/aromatic N) is 2.